The van der Waals surface area contributed by atoms with Gasteiger partial charge in [-0.3, -0.25) is 14.7 Å². The number of Topliss-reactive ketones (excluding diaryl/α,β-unsaturated/α-hetero) is 1. The van der Waals surface area contributed by atoms with Crippen molar-refractivity contribution in [2.24, 2.45) is 5.92 Å². The van der Waals surface area contributed by atoms with Gasteiger partial charge in [-0.2, -0.15) is 0 Å². The fourth-order valence-electron chi connectivity index (χ4n) is 6.90. The molecule has 1 amide bonds. The monoisotopic (exact) mass is 725 g/mol. The van der Waals surface area contributed by atoms with Crippen molar-refractivity contribution in [1.29, 1.82) is 0 Å². The average molecular weight is 726 g/mol. The molecule has 2 aromatic heterocycles. The van der Waals surface area contributed by atoms with Crippen LogP contribution in [0.1, 0.15) is 44.1 Å². The topological polar surface area (TPSA) is 187 Å². The third kappa shape index (κ3) is 7.73. The third-order valence-electron chi connectivity index (χ3n) is 9.54. The third-order valence-corrected chi connectivity index (χ3v) is 11.2. The number of phenolic OH excluding ortho intramolecular Hbond substituents is 1. The minimum atomic E-state index is -3.64. The Bertz CT molecular complexity index is 1970. The van der Waals surface area contributed by atoms with Crippen molar-refractivity contribution in [1.82, 2.24) is 14.9 Å². The zero-order valence-corrected chi connectivity index (χ0v) is 29.6. The maximum atomic E-state index is 14.0. The summed E-state index contributed by atoms with van der Waals surface area (Å²) in [5.41, 5.74) is 1.50. The molecule has 0 bridgehead atoms. The highest BCUT2D eigenvalue weighted by Crippen LogP contribution is 2.35. The summed E-state index contributed by atoms with van der Waals surface area (Å²) >= 11 is 0. The van der Waals surface area contributed by atoms with Crippen molar-refractivity contribution in [2.45, 2.75) is 81.5 Å². The number of nitrogens with one attached hydrogen (secondary N) is 1. The van der Waals surface area contributed by atoms with Gasteiger partial charge in [0.25, 0.3) is 0 Å². The van der Waals surface area contributed by atoms with Crippen LogP contribution in [0.4, 0.5) is 4.79 Å². The van der Waals surface area contributed by atoms with Gasteiger partial charge in [0.15, 0.2) is 28.2 Å². The van der Waals surface area contributed by atoms with Crippen LogP contribution in [-0.4, -0.2) is 114 Å². The molecule has 0 radical (unpaired) electrons. The molecule has 15 heteroatoms. The number of aromatic nitrogens is 2. The van der Waals surface area contributed by atoms with Crippen molar-refractivity contribution in [3.63, 3.8) is 0 Å². The molecule has 6 rings (SSSR count). The Labute approximate surface area is 295 Å². The molecule has 274 valence electrons. The molecular weight excluding hydrogens is 682 g/mol. The first-order valence-electron chi connectivity index (χ1n) is 16.9. The molecule has 2 aliphatic heterocycles. The van der Waals surface area contributed by atoms with Gasteiger partial charge in [-0.15, -0.1) is 0 Å². The van der Waals surface area contributed by atoms with Crippen LogP contribution in [0, 0.1) is 5.92 Å². The molecule has 4 heterocycles. The normalized spacial score (nSPS) is 25.6. The number of sulfone groups is 1. The Morgan fingerprint density at radius 3 is 2.57 bits per heavy atom. The van der Waals surface area contributed by atoms with Crippen molar-refractivity contribution in [3.8, 4) is 5.75 Å². The number of rotatable bonds is 11. The quantitative estimate of drug-likeness (QED) is 0.188. The van der Waals surface area contributed by atoms with Crippen LogP contribution in [0.25, 0.3) is 21.8 Å². The second kappa shape index (κ2) is 15.2. The lowest BCUT2D eigenvalue weighted by atomic mass is 9.87. The number of ketones is 1. The number of amides is 1. The van der Waals surface area contributed by atoms with Crippen LogP contribution in [0.5, 0.6) is 5.75 Å². The van der Waals surface area contributed by atoms with Gasteiger partial charge >= 0.3 is 6.09 Å². The first-order chi connectivity index (χ1) is 24.4. The number of aromatic hydroxyl groups is 1. The van der Waals surface area contributed by atoms with Crippen LogP contribution < -0.4 is 0 Å². The highest BCUT2D eigenvalue weighted by Gasteiger charge is 2.45. The van der Waals surface area contributed by atoms with Gasteiger partial charge in [0.1, 0.15) is 24.2 Å². The molecule has 7 unspecified atom stereocenters. The predicted molar refractivity (Wildman–Crippen MR) is 185 cm³/mol. The minimum absolute atomic E-state index is 0.00303. The lowest BCUT2D eigenvalue weighted by molar-refractivity contribution is -0.293. The van der Waals surface area contributed by atoms with Gasteiger partial charge in [-0.05, 0) is 63.6 Å². The SMILES string of the molecule is COC1CC(OC2CC(C(=O)c3nccc4c3[nH]c3ccc(O)cc34)C(C)OC2O)OCC1N(C(=O)OCCS(=O)(=O)c1ccccc1)C(C)C. The number of benzene rings is 2. The largest absolute Gasteiger partial charge is 0.508 e. The molecule has 2 fully saturated rings. The second-order valence-corrected chi connectivity index (χ2v) is 15.2. The summed E-state index contributed by atoms with van der Waals surface area (Å²) < 4.78 is 54.6. The van der Waals surface area contributed by atoms with E-state index >= 15 is 0 Å². The standard InChI is InChI=1S/C36H43N3O11S/c1-20(2)39(36(43)47-14-15-51(44,45)23-8-6-5-7-9-23)28-19-48-31(18-29(28)46-4)50-30-17-25(21(3)49-35(30)42)34(41)33-32-24(12-13-37-33)26-16-22(40)10-11-27(26)38-32/h5-13,16,20-21,25,28-31,35,38,40,42H,14-15,17-19H2,1-4H3. The average Bonchev–Trinajstić information content (AvgIpc) is 3.48. The number of hydrogen-bond donors (Lipinski definition) is 3. The molecule has 2 aromatic carbocycles. The zero-order valence-electron chi connectivity index (χ0n) is 28.8. The lowest BCUT2D eigenvalue weighted by Gasteiger charge is -2.44. The number of phenols is 1. The number of fused-ring (bicyclic) bond motifs is 3. The summed E-state index contributed by atoms with van der Waals surface area (Å²) in [5.74, 6) is -1.26. The van der Waals surface area contributed by atoms with E-state index in [1.807, 2.05) is 0 Å². The summed E-state index contributed by atoms with van der Waals surface area (Å²) in [7, 11) is -2.14. The Morgan fingerprint density at radius 2 is 1.84 bits per heavy atom. The summed E-state index contributed by atoms with van der Waals surface area (Å²) in [6, 6.07) is 13.7. The molecule has 14 nitrogen and oxygen atoms in total. The van der Waals surface area contributed by atoms with Gasteiger partial charge in [0.2, 0.25) is 0 Å². The molecule has 7 atom stereocenters. The summed E-state index contributed by atoms with van der Waals surface area (Å²) in [4.78, 5) is 36.5. The number of ether oxygens (including phenoxy) is 5. The number of carbonyl (C=O) groups excluding carboxylic acids is 2. The summed E-state index contributed by atoms with van der Waals surface area (Å²) in [5, 5.41) is 22.4. The lowest BCUT2D eigenvalue weighted by Crippen LogP contribution is -2.58. The Kier molecular flexibility index (Phi) is 11.0. The summed E-state index contributed by atoms with van der Waals surface area (Å²) in [6.45, 7) is 5.00. The van der Waals surface area contributed by atoms with Gasteiger partial charge < -0.3 is 38.9 Å². The van der Waals surface area contributed by atoms with Gasteiger partial charge in [0.05, 0.1) is 46.9 Å². The van der Waals surface area contributed by atoms with E-state index in [0.717, 1.165) is 16.3 Å². The van der Waals surface area contributed by atoms with E-state index in [4.69, 9.17) is 23.7 Å². The van der Waals surface area contributed by atoms with Gasteiger partial charge in [-0.25, -0.2) is 13.2 Å². The maximum Gasteiger partial charge on any atom is 0.410 e. The Balaban J connectivity index is 1.10. The van der Waals surface area contributed by atoms with Gasteiger partial charge in [-0.1, -0.05) is 18.2 Å². The molecule has 2 aliphatic rings. The van der Waals surface area contributed by atoms with Crippen LogP contribution in [0.3, 0.4) is 0 Å². The molecule has 0 spiro atoms. The van der Waals surface area contributed by atoms with E-state index in [9.17, 15) is 28.2 Å². The van der Waals surface area contributed by atoms with Crippen LogP contribution in [-0.2, 0) is 33.5 Å². The first-order valence-corrected chi connectivity index (χ1v) is 18.5. The molecule has 4 aromatic rings. The number of aliphatic hydroxyl groups is 1. The van der Waals surface area contributed by atoms with E-state index in [1.165, 1.54) is 24.1 Å². The fraction of sp³-hybridized carbons (Fsp3) is 0.472. The van der Waals surface area contributed by atoms with E-state index in [1.54, 1.807) is 69.4 Å². The molecule has 51 heavy (non-hydrogen) atoms. The van der Waals surface area contributed by atoms with Crippen LogP contribution in [0.15, 0.2) is 65.7 Å². The highest BCUT2D eigenvalue weighted by atomic mass is 32.2. The van der Waals surface area contributed by atoms with Crippen molar-refractivity contribution in [3.05, 3.63) is 66.5 Å². The van der Waals surface area contributed by atoms with Crippen molar-refractivity contribution in [2.75, 3.05) is 26.1 Å². The fourth-order valence-corrected chi connectivity index (χ4v) is 8.01. The molecule has 3 N–H and O–H groups in total. The molecular formula is C36H43N3O11S. The molecule has 2 saturated heterocycles. The van der Waals surface area contributed by atoms with E-state index in [2.05, 4.69) is 9.97 Å². The molecule has 0 saturated carbocycles. The number of nitrogens with zero attached hydrogens (tertiary/aromatic N) is 2. The number of aliphatic hydroxyl groups excluding tert-OH is 1. The Morgan fingerprint density at radius 1 is 1.08 bits per heavy atom. The first kappa shape index (κ1) is 36.7. The molecule has 0 aliphatic carbocycles. The smallest absolute Gasteiger partial charge is 0.410 e. The maximum absolute atomic E-state index is 14.0. The van der Waals surface area contributed by atoms with Crippen LogP contribution >= 0.6 is 0 Å². The zero-order chi connectivity index (χ0) is 36.4. The summed E-state index contributed by atoms with van der Waals surface area (Å²) in [6.07, 6.45) is -3.18. The number of H-pyrrole nitrogens is 1. The van der Waals surface area contributed by atoms with E-state index in [-0.39, 0.29) is 60.0 Å². The minimum Gasteiger partial charge on any atom is -0.508 e. The van der Waals surface area contributed by atoms with E-state index < -0.39 is 58.8 Å². The van der Waals surface area contributed by atoms with Crippen molar-refractivity contribution < 1.29 is 51.9 Å². The van der Waals surface area contributed by atoms with Crippen molar-refractivity contribution >= 4 is 43.5 Å². The second-order valence-electron chi connectivity index (χ2n) is 13.1. The van der Waals surface area contributed by atoms with Crippen LogP contribution in [0.2, 0.25) is 0 Å². The number of methoxy groups -OCH3 is 1. The Hall–Kier alpha value is -4.12. The van der Waals surface area contributed by atoms with Gasteiger partial charge in [0, 0.05) is 42.1 Å². The predicted octanol–water partition coefficient (Wildman–Crippen LogP) is 4.18. The number of aromatic amines is 1. The number of hydrogen-bond acceptors (Lipinski definition) is 12. The highest BCUT2D eigenvalue weighted by molar-refractivity contribution is 7.91. The van der Waals surface area contributed by atoms with E-state index in [0.29, 0.717) is 5.52 Å². The number of pyridine rings is 1. The number of carbonyl (C=O) groups is 2.